The van der Waals surface area contributed by atoms with Gasteiger partial charge >= 0.3 is 6.18 Å². The van der Waals surface area contributed by atoms with Gasteiger partial charge < -0.3 is 4.98 Å². The van der Waals surface area contributed by atoms with Crippen molar-refractivity contribution in [3.8, 4) is 0 Å². The topological polar surface area (TPSA) is 15.8 Å². The van der Waals surface area contributed by atoms with E-state index in [9.17, 15) is 13.2 Å². The molecular formula is C13H16F3N. The SMILES string of the molecule is Cc1c[nH]cc1C1CC=CC(C(F)(F)F)C1C. The minimum Gasteiger partial charge on any atom is -0.367 e. The normalized spacial score (nSPS) is 29.6. The van der Waals surface area contributed by atoms with Crippen LogP contribution in [-0.2, 0) is 0 Å². The van der Waals surface area contributed by atoms with E-state index in [4.69, 9.17) is 0 Å². The number of nitrogens with one attached hydrogen (secondary N) is 1. The summed E-state index contributed by atoms with van der Waals surface area (Å²) in [6.07, 6.45) is 3.18. The first-order valence-corrected chi connectivity index (χ1v) is 5.78. The summed E-state index contributed by atoms with van der Waals surface area (Å²) in [5, 5.41) is 0. The maximum atomic E-state index is 12.8. The second kappa shape index (κ2) is 4.24. The molecule has 0 amide bonds. The quantitative estimate of drug-likeness (QED) is 0.712. The number of allylic oxidation sites excluding steroid dienone is 2. The van der Waals surface area contributed by atoms with Crippen molar-refractivity contribution in [1.82, 2.24) is 4.98 Å². The van der Waals surface area contributed by atoms with Crippen LogP contribution in [0.5, 0.6) is 0 Å². The highest BCUT2D eigenvalue weighted by atomic mass is 19.4. The number of rotatable bonds is 1. The molecule has 1 aromatic heterocycles. The molecule has 1 N–H and O–H groups in total. The fourth-order valence-electron chi connectivity index (χ4n) is 2.68. The van der Waals surface area contributed by atoms with Gasteiger partial charge in [-0.1, -0.05) is 19.1 Å². The summed E-state index contributed by atoms with van der Waals surface area (Å²) in [5.41, 5.74) is 2.05. The molecule has 0 spiro atoms. The molecular weight excluding hydrogens is 227 g/mol. The number of halogens is 3. The molecule has 1 aliphatic carbocycles. The van der Waals surface area contributed by atoms with Gasteiger partial charge in [0.25, 0.3) is 0 Å². The third-order valence-corrected chi connectivity index (χ3v) is 3.71. The van der Waals surface area contributed by atoms with E-state index in [-0.39, 0.29) is 5.92 Å². The molecule has 1 nitrogen and oxygen atoms in total. The van der Waals surface area contributed by atoms with Gasteiger partial charge in [0, 0.05) is 12.4 Å². The molecule has 0 bridgehead atoms. The second-order valence-corrected chi connectivity index (χ2v) is 4.79. The first-order valence-electron chi connectivity index (χ1n) is 5.78. The zero-order valence-corrected chi connectivity index (χ0v) is 9.88. The van der Waals surface area contributed by atoms with Gasteiger partial charge in [0.2, 0.25) is 0 Å². The predicted octanol–water partition coefficient (Wildman–Crippen LogP) is 4.18. The van der Waals surface area contributed by atoms with Crippen LogP contribution in [0.4, 0.5) is 13.2 Å². The highest BCUT2D eigenvalue weighted by molar-refractivity contribution is 5.29. The first kappa shape index (κ1) is 12.3. The van der Waals surface area contributed by atoms with Crippen LogP contribution < -0.4 is 0 Å². The standard InChI is InChI=1S/C13H16F3N/c1-8-6-17-7-11(8)10-4-3-5-12(9(10)2)13(14,15)16/h3,5-7,9-10,12,17H,4H2,1-2H3. The Bertz CT molecular complexity index is 417. The summed E-state index contributed by atoms with van der Waals surface area (Å²) in [5.74, 6) is -1.78. The number of aromatic nitrogens is 1. The van der Waals surface area contributed by atoms with E-state index in [0.717, 1.165) is 11.1 Å². The van der Waals surface area contributed by atoms with E-state index in [1.807, 2.05) is 19.3 Å². The van der Waals surface area contributed by atoms with Gasteiger partial charge in [-0.3, -0.25) is 0 Å². The summed E-state index contributed by atoms with van der Waals surface area (Å²) >= 11 is 0. The van der Waals surface area contributed by atoms with Gasteiger partial charge in [0.15, 0.2) is 0 Å². The van der Waals surface area contributed by atoms with Crippen molar-refractivity contribution in [1.29, 1.82) is 0 Å². The van der Waals surface area contributed by atoms with Crippen molar-refractivity contribution in [2.45, 2.75) is 32.4 Å². The van der Waals surface area contributed by atoms with Gasteiger partial charge in [0.1, 0.15) is 0 Å². The summed E-state index contributed by atoms with van der Waals surface area (Å²) < 4.78 is 38.5. The second-order valence-electron chi connectivity index (χ2n) is 4.79. The van der Waals surface area contributed by atoms with Gasteiger partial charge in [-0.25, -0.2) is 0 Å². The molecule has 94 valence electrons. The Labute approximate surface area is 98.7 Å². The molecule has 1 aromatic rings. The minimum atomic E-state index is -4.14. The van der Waals surface area contributed by atoms with Crippen molar-refractivity contribution in [3.05, 3.63) is 35.7 Å². The molecule has 0 saturated carbocycles. The Hall–Kier alpha value is -1.19. The molecule has 4 heteroatoms. The molecule has 0 aromatic carbocycles. The molecule has 0 aliphatic heterocycles. The lowest BCUT2D eigenvalue weighted by molar-refractivity contribution is -0.175. The van der Waals surface area contributed by atoms with Crippen molar-refractivity contribution in [2.75, 3.05) is 0 Å². The maximum absolute atomic E-state index is 12.8. The number of hydrogen-bond acceptors (Lipinski definition) is 0. The van der Waals surface area contributed by atoms with Crippen molar-refractivity contribution in [2.24, 2.45) is 11.8 Å². The Morgan fingerprint density at radius 2 is 2.00 bits per heavy atom. The lowest BCUT2D eigenvalue weighted by Crippen LogP contribution is -2.32. The minimum absolute atomic E-state index is 0.0436. The van der Waals surface area contributed by atoms with Gasteiger partial charge in [-0.2, -0.15) is 13.2 Å². The Morgan fingerprint density at radius 1 is 1.29 bits per heavy atom. The Kier molecular flexibility index (Phi) is 3.06. The molecule has 0 saturated heterocycles. The lowest BCUT2D eigenvalue weighted by atomic mass is 9.73. The largest absolute Gasteiger partial charge is 0.395 e. The third-order valence-electron chi connectivity index (χ3n) is 3.71. The predicted molar refractivity (Wildman–Crippen MR) is 60.7 cm³/mol. The van der Waals surface area contributed by atoms with E-state index in [2.05, 4.69) is 4.98 Å². The van der Waals surface area contributed by atoms with E-state index in [1.54, 1.807) is 13.0 Å². The van der Waals surface area contributed by atoms with Gasteiger partial charge in [0.05, 0.1) is 5.92 Å². The van der Waals surface area contributed by atoms with E-state index in [1.165, 1.54) is 6.08 Å². The monoisotopic (exact) mass is 243 g/mol. The Balaban J connectivity index is 2.28. The van der Waals surface area contributed by atoms with Crippen LogP contribution in [0.25, 0.3) is 0 Å². The van der Waals surface area contributed by atoms with Gasteiger partial charge in [-0.05, 0) is 36.3 Å². The Morgan fingerprint density at radius 3 is 2.53 bits per heavy atom. The average Bonchev–Trinajstić information content (AvgIpc) is 2.63. The fraction of sp³-hybridized carbons (Fsp3) is 0.538. The molecule has 0 radical (unpaired) electrons. The molecule has 3 unspecified atom stereocenters. The highest BCUT2D eigenvalue weighted by Gasteiger charge is 2.45. The lowest BCUT2D eigenvalue weighted by Gasteiger charge is -2.33. The van der Waals surface area contributed by atoms with Crippen LogP contribution >= 0.6 is 0 Å². The summed E-state index contributed by atoms with van der Waals surface area (Å²) in [6.45, 7) is 3.62. The van der Waals surface area contributed by atoms with Crippen molar-refractivity contribution >= 4 is 0 Å². The van der Waals surface area contributed by atoms with E-state index >= 15 is 0 Å². The molecule has 1 heterocycles. The molecule has 2 rings (SSSR count). The zero-order valence-electron chi connectivity index (χ0n) is 9.88. The van der Waals surface area contributed by atoms with Crippen LogP contribution in [0.2, 0.25) is 0 Å². The molecule has 0 fully saturated rings. The molecule has 3 atom stereocenters. The first-order chi connectivity index (χ1) is 7.91. The molecule has 1 aliphatic rings. The van der Waals surface area contributed by atoms with Crippen molar-refractivity contribution in [3.63, 3.8) is 0 Å². The van der Waals surface area contributed by atoms with Crippen LogP contribution in [0, 0.1) is 18.8 Å². The summed E-state index contributed by atoms with van der Waals surface area (Å²) in [7, 11) is 0. The summed E-state index contributed by atoms with van der Waals surface area (Å²) in [4.78, 5) is 2.96. The number of aryl methyl sites for hydroxylation is 1. The number of alkyl halides is 3. The zero-order chi connectivity index (χ0) is 12.6. The highest BCUT2D eigenvalue weighted by Crippen LogP contribution is 2.45. The van der Waals surface area contributed by atoms with Crippen LogP contribution in [0.1, 0.15) is 30.4 Å². The van der Waals surface area contributed by atoms with Gasteiger partial charge in [-0.15, -0.1) is 0 Å². The van der Waals surface area contributed by atoms with E-state index in [0.29, 0.717) is 6.42 Å². The fourth-order valence-corrected chi connectivity index (χ4v) is 2.68. The maximum Gasteiger partial charge on any atom is 0.395 e. The molecule has 17 heavy (non-hydrogen) atoms. The van der Waals surface area contributed by atoms with Crippen LogP contribution in [0.15, 0.2) is 24.5 Å². The summed E-state index contributed by atoms with van der Waals surface area (Å²) in [6, 6.07) is 0. The third kappa shape index (κ3) is 2.26. The smallest absolute Gasteiger partial charge is 0.367 e. The van der Waals surface area contributed by atoms with E-state index < -0.39 is 18.0 Å². The number of aromatic amines is 1. The average molecular weight is 243 g/mol. The van der Waals surface area contributed by atoms with Crippen molar-refractivity contribution < 1.29 is 13.2 Å². The number of H-pyrrole nitrogens is 1. The van der Waals surface area contributed by atoms with Crippen LogP contribution in [0.3, 0.4) is 0 Å². The van der Waals surface area contributed by atoms with Crippen LogP contribution in [-0.4, -0.2) is 11.2 Å². The number of hydrogen-bond donors (Lipinski definition) is 1.